The van der Waals surface area contributed by atoms with E-state index in [0.29, 0.717) is 17.0 Å². The summed E-state index contributed by atoms with van der Waals surface area (Å²) in [5, 5.41) is 0.804. The van der Waals surface area contributed by atoms with Crippen molar-refractivity contribution in [2.24, 2.45) is 0 Å². The summed E-state index contributed by atoms with van der Waals surface area (Å²) in [6, 6.07) is 17.8. The molecule has 0 amide bonds. The molecule has 0 N–H and O–H groups in total. The lowest BCUT2D eigenvalue weighted by atomic mass is 9.94. The van der Waals surface area contributed by atoms with Gasteiger partial charge in [-0.2, -0.15) is 0 Å². The molecule has 1 atom stereocenters. The van der Waals surface area contributed by atoms with E-state index in [-0.39, 0.29) is 11.0 Å². The number of hydrogen-bond donors (Lipinski definition) is 0. The smallest absolute Gasteiger partial charge is 0.197 e. The molecule has 33 heavy (non-hydrogen) atoms. The van der Waals surface area contributed by atoms with Crippen molar-refractivity contribution in [2.45, 2.75) is 54.4 Å². The van der Waals surface area contributed by atoms with Crippen molar-refractivity contribution in [3.05, 3.63) is 99.1 Å². The van der Waals surface area contributed by atoms with Gasteiger partial charge in [-0.05, 0) is 73.7 Å². The molecule has 4 heteroatoms. The van der Waals surface area contributed by atoms with Gasteiger partial charge in [0.15, 0.2) is 11.0 Å². The van der Waals surface area contributed by atoms with Crippen LogP contribution in [0.25, 0.3) is 0 Å². The van der Waals surface area contributed by atoms with Gasteiger partial charge >= 0.3 is 0 Å². The first-order chi connectivity index (χ1) is 15.6. The largest absolute Gasteiger partial charge is 0.307 e. The number of hydrogen-bond acceptors (Lipinski definition) is 3. The highest BCUT2D eigenvalue weighted by atomic mass is 31.1. The topological polar surface area (TPSA) is 51.2 Å². The van der Waals surface area contributed by atoms with E-state index >= 15 is 0 Å². The van der Waals surface area contributed by atoms with Crippen molar-refractivity contribution >= 4 is 31.1 Å². The first-order valence-corrected chi connectivity index (χ1v) is 12.4. The van der Waals surface area contributed by atoms with E-state index in [2.05, 4.69) is 26.0 Å². The Morgan fingerprint density at radius 2 is 1.09 bits per heavy atom. The van der Waals surface area contributed by atoms with Gasteiger partial charge in [0.05, 0.1) is 7.92 Å². The zero-order valence-electron chi connectivity index (χ0n) is 20.7. The Morgan fingerprint density at radius 3 is 1.48 bits per heavy atom. The van der Waals surface area contributed by atoms with Gasteiger partial charge in [-0.25, -0.2) is 0 Å². The van der Waals surface area contributed by atoms with Crippen LogP contribution in [0, 0.1) is 34.6 Å². The Labute approximate surface area is 199 Å². The summed E-state index contributed by atoms with van der Waals surface area (Å²) in [7, 11) is -1.71. The van der Waals surface area contributed by atoms with Crippen molar-refractivity contribution in [3.8, 4) is 0 Å². The zero-order chi connectivity index (χ0) is 24.9. The summed E-state index contributed by atoms with van der Waals surface area (Å²) in [5.41, 5.74) is 7.35. The molecule has 3 aromatic carbocycles. The molecule has 0 radical (unpaired) electrons. The molecule has 0 aliphatic rings. The Kier molecular flexibility index (Phi) is 9.02. The van der Waals surface area contributed by atoms with Crippen molar-refractivity contribution in [2.75, 3.05) is 0 Å². The van der Waals surface area contributed by atoms with E-state index in [4.69, 9.17) is 4.79 Å². The Balaban J connectivity index is 0.00000187. The van der Waals surface area contributed by atoms with Crippen LogP contribution in [-0.4, -0.2) is 17.8 Å². The quantitative estimate of drug-likeness (QED) is 0.374. The molecule has 0 heterocycles. The molecular weight excluding hydrogens is 427 g/mol. The second kappa shape index (κ2) is 11.3. The summed E-state index contributed by atoms with van der Waals surface area (Å²) in [5.74, 6) is 0.386. The van der Waals surface area contributed by atoms with Gasteiger partial charge in [0, 0.05) is 11.1 Å². The fourth-order valence-electron chi connectivity index (χ4n) is 4.31. The molecule has 1 unspecified atom stereocenters. The number of carbonyl (C=O) groups excluding carboxylic acids is 3. The third kappa shape index (κ3) is 5.72. The van der Waals surface area contributed by atoms with Gasteiger partial charge in [-0.15, -0.1) is 0 Å². The van der Waals surface area contributed by atoms with E-state index in [9.17, 15) is 9.59 Å². The normalized spacial score (nSPS) is 11.5. The third-order valence-corrected chi connectivity index (χ3v) is 7.82. The van der Waals surface area contributed by atoms with Crippen molar-refractivity contribution in [1.29, 1.82) is 0 Å². The zero-order valence-corrected chi connectivity index (χ0v) is 21.5. The molecule has 0 aliphatic carbocycles. The molecule has 0 saturated carbocycles. The molecule has 0 aliphatic heterocycles. The van der Waals surface area contributed by atoms with E-state index < -0.39 is 7.92 Å². The Hall–Kier alpha value is -2.90. The molecule has 0 aromatic heterocycles. The summed E-state index contributed by atoms with van der Waals surface area (Å²) in [6.45, 7) is 16.2. The molecule has 172 valence electrons. The van der Waals surface area contributed by atoms with Crippen LogP contribution in [0.4, 0.5) is 0 Å². The predicted octanol–water partition coefficient (Wildman–Crippen LogP) is 6.96. The van der Waals surface area contributed by atoms with Gasteiger partial charge in [-0.3, -0.25) is 9.59 Å². The molecule has 0 fully saturated rings. The van der Waals surface area contributed by atoms with E-state index in [1.807, 2.05) is 83.9 Å². The van der Waals surface area contributed by atoms with E-state index in [0.717, 1.165) is 33.1 Å². The monoisotopic (exact) mass is 460 g/mol. The van der Waals surface area contributed by atoms with Gasteiger partial charge in [0.2, 0.25) is 0 Å². The maximum absolute atomic E-state index is 14.0. The molecule has 0 saturated heterocycles. The van der Waals surface area contributed by atoms with Crippen LogP contribution in [0.1, 0.15) is 73.9 Å². The second-order valence-electron chi connectivity index (χ2n) is 8.74. The van der Waals surface area contributed by atoms with Crippen LogP contribution < -0.4 is 5.30 Å². The lowest BCUT2D eigenvalue weighted by molar-refractivity contribution is -0.0980. The molecular formula is C29H33O3P. The van der Waals surface area contributed by atoms with Crippen LogP contribution in [0.5, 0.6) is 0 Å². The van der Waals surface area contributed by atoms with Gasteiger partial charge < -0.3 is 4.79 Å². The number of aryl methyl sites for hydroxylation is 5. The van der Waals surface area contributed by atoms with Crippen molar-refractivity contribution in [1.82, 2.24) is 0 Å². The Morgan fingerprint density at radius 1 is 0.697 bits per heavy atom. The minimum Gasteiger partial charge on any atom is -0.307 e. The number of benzene rings is 3. The summed E-state index contributed by atoms with van der Waals surface area (Å²) < 4.78 is 0. The lowest BCUT2D eigenvalue weighted by Gasteiger charge is -2.21. The SMILES string of the molecule is C=O.Cc1cc(C)c(C(=O)P(C(=O)c2c(C)cc(C(C)C)cc2C)c2ccccc2)c(C)c1. The standard InChI is InChI=1S/C28H31O2P.CH2O/c1-17(2)23-15-21(6)26(22(7)16-23)28(30)31(24-11-9-8-10-12-24)27(29)25-19(4)13-18(3)14-20(25)5;1-2/h8-17H,1-7H3;1H2. The van der Waals surface area contributed by atoms with Crippen LogP contribution in [0.2, 0.25) is 0 Å². The fraction of sp³-hybridized carbons (Fsp3) is 0.276. The van der Waals surface area contributed by atoms with Crippen molar-refractivity contribution in [3.63, 3.8) is 0 Å². The molecule has 3 nitrogen and oxygen atoms in total. The predicted molar refractivity (Wildman–Crippen MR) is 139 cm³/mol. The number of carbonyl (C=O) groups is 3. The molecule has 3 rings (SSSR count). The van der Waals surface area contributed by atoms with Crippen LogP contribution in [-0.2, 0) is 4.79 Å². The highest BCUT2D eigenvalue weighted by molar-refractivity contribution is 7.96. The second-order valence-corrected chi connectivity index (χ2v) is 10.7. The van der Waals surface area contributed by atoms with Gasteiger partial charge in [0.1, 0.15) is 6.79 Å². The molecule has 0 spiro atoms. The summed E-state index contributed by atoms with van der Waals surface area (Å²) in [4.78, 5) is 35.9. The summed E-state index contributed by atoms with van der Waals surface area (Å²) >= 11 is 0. The third-order valence-electron chi connectivity index (χ3n) is 5.75. The molecule has 0 bridgehead atoms. The lowest BCUT2D eigenvalue weighted by Crippen LogP contribution is -2.19. The van der Waals surface area contributed by atoms with Crippen molar-refractivity contribution < 1.29 is 14.4 Å². The molecule has 3 aromatic rings. The first kappa shape index (κ1) is 26.4. The minimum absolute atomic E-state index is 0.0594. The highest BCUT2D eigenvalue weighted by Gasteiger charge is 2.33. The average Bonchev–Trinajstić information content (AvgIpc) is 2.74. The van der Waals surface area contributed by atoms with Gasteiger partial charge in [0.25, 0.3) is 0 Å². The number of rotatable bonds is 6. The highest BCUT2D eigenvalue weighted by Crippen LogP contribution is 2.45. The van der Waals surface area contributed by atoms with Crippen LogP contribution in [0.3, 0.4) is 0 Å². The average molecular weight is 461 g/mol. The summed E-state index contributed by atoms with van der Waals surface area (Å²) in [6.07, 6.45) is 0. The maximum Gasteiger partial charge on any atom is 0.197 e. The fourth-order valence-corrected chi connectivity index (χ4v) is 6.59. The van der Waals surface area contributed by atoms with Crippen LogP contribution >= 0.6 is 7.92 Å². The maximum atomic E-state index is 14.0. The van der Waals surface area contributed by atoms with E-state index in [1.54, 1.807) is 0 Å². The van der Waals surface area contributed by atoms with Gasteiger partial charge in [-0.1, -0.05) is 74.0 Å². The van der Waals surface area contributed by atoms with Crippen LogP contribution in [0.15, 0.2) is 54.6 Å². The minimum atomic E-state index is -1.71. The van der Waals surface area contributed by atoms with E-state index in [1.165, 1.54) is 5.56 Å². The first-order valence-electron chi connectivity index (χ1n) is 11.0. The Bertz CT molecular complexity index is 1120.